The molecule has 0 aliphatic heterocycles. The summed E-state index contributed by atoms with van der Waals surface area (Å²) in [6.07, 6.45) is 0.256. The van der Waals surface area contributed by atoms with E-state index in [1.807, 2.05) is 0 Å². The maximum absolute atomic E-state index is 10.3. The van der Waals surface area contributed by atoms with E-state index < -0.39 is 5.78 Å². The van der Waals surface area contributed by atoms with Crippen LogP contribution in [0.15, 0.2) is 0 Å². The molecule has 0 amide bonds. The Balaban J connectivity index is 3.64. The van der Waals surface area contributed by atoms with Gasteiger partial charge in [0, 0.05) is 6.42 Å². The third-order valence-corrected chi connectivity index (χ3v) is 0.996. The summed E-state index contributed by atoms with van der Waals surface area (Å²) in [5, 5.41) is 0. The summed E-state index contributed by atoms with van der Waals surface area (Å²) in [7, 11) is 0. The molecule has 2 nitrogen and oxygen atoms in total. The quantitative estimate of drug-likeness (QED) is 0.422. The molecule has 0 spiro atoms. The first-order chi connectivity index (χ1) is 3.72. The molecule has 0 N–H and O–H groups in total. The van der Waals surface area contributed by atoms with Crippen molar-refractivity contribution in [2.45, 2.75) is 13.3 Å². The van der Waals surface area contributed by atoms with Gasteiger partial charge >= 0.3 is 0 Å². The summed E-state index contributed by atoms with van der Waals surface area (Å²) in [4.78, 5) is 20.6. The van der Waals surface area contributed by atoms with Crippen LogP contribution in [0.3, 0.4) is 0 Å². The number of alkyl halides is 1. The molecule has 0 saturated heterocycles. The van der Waals surface area contributed by atoms with Crippen molar-refractivity contribution in [1.29, 1.82) is 0 Å². The number of hydrogen-bond donors (Lipinski definition) is 0. The van der Waals surface area contributed by atoms with E-state index in [1.54, 1.807) is 6.92 Å². The zero-order chi connectivity index (χ0) is 6.57. The van der Waals surface area contributed by atoms with Crippen LogP contribution in [-0.2, 0) is 9.59 Å². The van der Waals surface area contributed by atoms with Crippen LogP contribution in [0.5, 0.6) is 0 Å². The van der Waals surface area contributed by atoms with Gasteiger partial charge in [-0.3, -0.25) is 9.59 Å². The Kier molecular flexibility index (Phi) is 3.44. The van der Waals surface area contributed by atoms with Crippen LogP contribution in [0.2, 0.25) is 0 Å². The van der Waals surface area contributed by atoms with Gasteiger partial charge in [0.2, 0.25) is 5.78 Å². The van der Waals surface area contributed by atoms with Gasteiger partial charge in [0.05, 0.1) is 5.88 Å². The molecule has 46 valence electrons. The first kappa shape index (κ1) is 7.63. The molecular formula is C5H7ClO2. The molecule has 0 aliphatic carbocycles. The van der Waals surface area contributed by atoms with Crippen molar-refractivity contribution in [3.8, 4) is 0 Å². The van der Waals surface area contributed by atoms with Gasteiger partial charge in [-0.25, -0.2) is 0 Å². The fraction of sp³-hybridized carbons (Fsp3) is 0.600. The first-order valence-electron chi connectivity index (χ1n) is 2.34. The lowest BCUT2D eigenvalue weighted by Crippen LogP contribution is -2.12. The molecule has 0 saturated carbocycles. The molecule has 0 radical (unpaired) electrons. The van der Waals surface area contributed by atoms with E-state index in [4.69, 9.17) is 11.6 Å². The Morgan fingerprint density at radius 2 is 1.88 bits per heavy atom. The van der Waals surface area contributed by atoms with Gasteiger partial charge in [-0.1, -0.05) is 6.92 Å². The Hall–Kier alpha value is -0.370. The molecule has 0 aromatic heterocycles. The smallest absolute Gasteiger partial charge is 0.213 e. The van der Waals surface area contributed by atoms with Crippen molar-refractivity contribution in [2.24, 2.45) is 0 Å². The molecule has 0 unspecified atom stereocenters. The molecule has 0 heterocycles. The average molecular weight is 135 g/mol. The Bertz CT molecular complexity index is 95.0. The number of carbonyl (C=O) groups excluding carboxylic acids is 2. The van der Waals surface area contributed by atoms with E-state index >= 15 is 0 Å². The van der Waals surface area contributed by atoms with Crippen molar-refractivity contribution >= 4 is 23.2 Å². The Labute approximate surface area is 52.8 Å². The highest BCUT2D eigenvalue weighted by Crippen LogP contribution is 1.85. The van der Waals surface area contributed by atoms with Crippen LogP contribution in [0, 0.1) is 0 Å². The second-order valence-corrected chi connectivity index (χ2v) is 1.60. The Morgan fingerprint density at radius 3 is 2.00 bits per heavy atom. The van der Waals surface area contributed by atoms with E-state index in [-0.39, 0.29) is 18.1 Å². The number of ketones is 2. The van der Waals surface area contributed by atoms with Crippen LogP contribution in [-0.4, -0.2) is 17.4 Å². The standard InChI is InChI=1S/C5H7ClO2/c1-2-4(7)5(8)3-6/h2-3H2,1H3. The van der Waals surface area contributed by atoms with Gasteiger partial charge in [0.15, 0.2) is 5.78 Å². The average Bonchev–Trinajstić information content (AvgIpc) is 1.84. The summed E-state index contributed by atoms with van der Waals surface area (Å²) in [5.74, 6) is -1.07. The normalized spacial score (nSPS) is 8.75. The molecule has 0 aromatic carbocycles. The maximum Gasteiger partial charge on any atom is 0.213 e. The number of halogens is 1. The zero-order valence-corrected chi connectivity index (χ0v) is 5.36. The second-order valence-electron chi connectivity index (χ2n) is 1.33. The minimum atomic E-state index is -0.492. The zero-order valence-electron chi connectivity index (χ0n) is 4.61. The summed E-state index contributed by atoms with van der Waals surface area (Å²) in [6.45, 7) is 1.63. The summed E-state index contributed by atoms with van der Waals surface area (Å²) < 4.78 is 0. The Morgan fingerprint density at radius 1 is 1.38 bits per heavy atom. The van der Waals surface area contributed by atoms with E-state index in [0.29, 0.717) is 0 Å². The van der Waals surface area contributed by atoms with Crippen LogP contribution in [0.25, 0.3) is 0 Å². The lowest BCUT2D eigenvalue weighted by molar-refractivity contribution is -0.134. The molecule has 8 heavy (non-hydrogen) atoms. The summed E-state index contributed by atoms with van der Waals surface area (Å²) in [5.41, 5.74) is 0. The van der Waals surface area contributed by atoms with Crippen molar-refractivity contribution in [2.75, 3.05) is 5.88 Å². The number of hydrogen-bond acceptors (Lipinski definition) is 2. The topological polar surface area (TPSA) is 34.1 Å². The van der Waals surface area contributed by atoms with Crippen molar-refractivity contribution in [3.63, 3.8) is 0 Å². The lowest BCUT2D eigenvalue weighted by atomic mass is 10.2. The van der Waals surface area contributed by atoms with Gasteiger partial charge in [-0.05, 0) is 0 Å². The molecule has 0 bridgehead atoms. The van der Waals surface area contributed by atoms with Crippen LogP contribution in [0.4, 0.5) is 0 Å². The molecule has 0 atom stereocenters. The third kappa shape index (κ3) is 2.07. The minimum Gasteiger partial charge on any atom is -0.291 e. The van der Waals surface area contributed by atoms with Gasteiger partial charge in [-0.15, -0.1) is 11.6 Å². The molecule has 3 heteroatoms. The minimum absolute atomic E-state index is 0.188. The SMILES string of the molecule is CCC(=O)C(=O)CCl. The van der Waals surface area contributed by atoms with E-state index in [2.05, 4.69) is 0 Å². The lowest BCUT2D eigenvalue weighted by Gasteiger charge is -1.86. The monoisotopic (exact) mass is 134 g/mol. The highest BCUT2D eigenvalue weighted by molar-refractivity contribution is 6.47. The molecule has 0 rings (SSSR count). The van der Waals surface area contributed by atoms with E-state index in [9.17, 15) is 9.59 Å². The predicted octanol–water partition coefficient (Wildman–Crippen LogP) is 0.773. The summed E-state index contributed by atoms with van der Waals surface area (Å²) in [6, 6.07) is 0. The molecule has 0 aromatic rings. The predicted molar refractivity (Wildman–Crippen MR) is 31.0 cm³/mol. The van der Waals surface area contributed by atoms with Gasteiger partial charge in [-0.2, -0.15) is 0 Å². The van der Waals surface area contributed by atoms with Crippen molar-refractivity contribution < 1.29 is 9.59 Å². The molecule has 0 fully saturated rings. The highest BCUT2D eigenvalue weighted by Gasteiger charge is 2.07. The van der Waals surface area contributed by atoms with Gasteiger partial charge in [0.25, 0.3) is 0 Å². The number of Topliss-reactive ketones (excluding diaryl/α,β-unsaturated/α-hetero) is 2. The number of rotatable bonds is 3. The van der Waals surface area contributed by atoms with Crippen LogP contribution in [0.1, 0.15) is 13.3 Å². The van der Waals surface area contributed by atoms with E-state index in [0.717, 1.165) is 0 Å². The number of carbonyl (C=O) groups is 2. The molecule has 0 aliphatic rings. The van der Waals surface area contributed by atoms with Crippen LogP contribution < -0.4 is 0 Å². The van der Waals surface area contributed by atoms with Crippen molar-refractivity contribution in [1.82, 2.24) is 0 Å². The highest BCUT2D eigenvalue weighted by atomic mass is 35.5. The maximum atomic E-state index is 10.3. The largest absolute Gasteiger partial charge is 0.291 e. The van der Waals surface area contributed by atoms with Crippen LogP contribution >= 0.6 is 11.6 Å². The van der Waals surface area contributed by atoms with Gasteiger partial charge in [0.1, 0.15) is 0 Å². The first-order valence-corrected chi connectivity index (χ1v) is 2.87. The van der Waals surface area contributed by atoms with E-state index in [1.165, 1.54) is 0 Å². The third-order valence-electron chi connectivity index (χ3n) is 0.753. The summed E-state index contributed by atoms with van der Waals surface area (Å²) >= 11 is 5.06. The van der Waals surface area contributed by atoms with Crippen molar-refractivity contribution in [3.05, 3.63) is 0 Å². The fourth-order valence-electron chi connectivity index (χ4n) is 0.272. The fourth-order valence-corrected chi connectivity index (χ4v) is 0.421. The second kappa shape index (κ2) is 3.61. The molecular weight excluding hydrogens is 128 g/mol. The van der Waals surface area contributed by atoms with Gasteiger partial charge < -0.3 is 0 Å².